The molecule has 0 bridgehead atoms. The number of imidazole rings is 1. The van der Waals surface area contributed by atoms with Gasteiger partial charge in [0.1, 0.15) is 5.82 Å². The van der Waals surface area contributed by atoms with Gasteiger partial charge < -0.3 is 4.57 Å². The molecule has 0 saturated carbocycles. The fourth-order valence-corrected chi connectivity index (χ4v) is 3.06. The van der Waals surface area contributed by atoms with Crippen molar-refractivity contribution >= 4 is 0 Å². The maximum absolute atomic E-state index is 4.51. The second-order valence-corrected chi connectivity index (χ2v) is 5.48. The third-order valence-electron chi connectivity index (χ3n) is 4.19. The zero-order valence-electron chi connectivity index (χ0n) is 12.1. The lowest BCUT2D eigenvalue weighted by Crippen LogP contribution is -2.42. The molecule has 2 aromatic rings. The SMILES string of the molecule is CCn1ccnc1CN1CCCC[C@H]1Cn1cccn1. The summed E-state index contributed by atoms with van der Waals surface area (Å²) in [5.41, 5.74) is 0. The molecular formula is C15H23N5. The molecule has 0 radical (unpaired) electrons. The highest BCUT2D eigenvalue weighted by Crippen LogP contribution is 2.20. The minimum Gasteiger partial charge on any atom is -0.334 e. The van der Waals surface area contributed by atoms with Crippen molar-refractivity contribution in [2.24, 2.45) is 0 Å². The normalized spacial score (nSPS) is 20.4. The Kier molecular flexibility index (Phi) is 4.16. The van der Waals surface area contributed by atoms with Crippen LogP contribution in [0, 0.1) is 0 Å². The minimum absolute atomic E-state index is 0.575. The van der Waals surface area contributed by atoms with Crippen LogP contribution in [0.1, 0.15) is 32.0 Å². The van der Waals surface area contributed by atoms with Gasteiger partial charge in [-0.05, 0) is 32.4 Å². The van der Waals surface area contributed by atoms with E-state index < -0.39 is 0 Å². The smallest absolute Gasteiger partial charge is 0.122 e. The Morgan fingerprint density at radius 2 is 2.20 bits per heavy atom. The Balaban J connectivity index is 1.69. The lowest BCUT2D eigenvalue weighted by Gasteiger charge is -2.35. The van der Waals surface area contributed by atoms with Gasteiger partial charge >= 0.3 is 0 Å². The maximum atomic E-state index is 4.51. The Morgan fingerprint density at radius 3 is 3.00 bits per heavy atom. The first kappa shape index (κ1) is 13.4. The Morgan fingerprint density at radius 1 is 1.25 bits per heavy atom. The highest BCUT2D eigenvalue weighted by atomic mass is 15.3. The van der Waals surface area contributed by atoms with Gasteiger partial charge in [0.05, 0.1) is 13.1 Å². The summed E-state index contributed by atoms with van der Waals surface area (Å²) in [6.07, 6.45) is 11.8. The molecule has 3 heterocycles. The van der Waals surface area contributed by atoms with E-state index in [0.29, 0.717) is 6.04 Å². The molecule has 1 atom stereocenters. The van der Waals surface area contributed by atoms with E-state index in [-0.39, 0.29) is 0 Å². The summed E-state index contributed by atoms with van der Waals surface area (Å²) in [6, 6.07) is 2.57. The minimum atomic E-state index is 0.575. The third kappa shape index (κ3) is 2.93. The second-order valence-electron chi connectivity index (χ2n) is 5.48. The number of rotatable bonds is 5. The lowest BCUT2D eigenvalue weighted by molar-refractivity contribution is 0.117. The topological polar surface area (TPSA) is 38.9 Å². The summed E-state index contributed by atoms with van der Waals surface area (Å²) >= 11 is 0. The van der Waals surface area contributed by atoms with Crippen LogP contribution >= 0.6 is 0 Å². The van der Waals surface area contributed by atoms with E-state index in [2.05, 4.69) is 43.5 Å². The molecule has 3 rings (SSSR count). The Labute approximate surface area is 120 Å². The van der Waals surface area contributed by atoms with Crippen LogP contribution in [-0.4, -0.2) is 36.8 Å². The van der Waals surface area contributed by atoms with Crippen LogP contribution in [0.25, 0.3) is 0 Å². The van der Waals surface area contributed by atoms with Crippen molar-refractivity contribution in [1.82, 2.24) is 24.2 Å². The van der Waals surface area contributed by atoms with Crippen molar-refractivity contribution in [3.05, 3.63) is 36.7 Å². The van der Waals surface area contributed by atoms with Crippen LogP contribution in [0.15, 0.2) is 30.9 Å². The average molecular weight is 273 g/mol. The van der Waals surface area contributed by atoms with Gasteiger partial charge in [-0.15, -0.1) is 0 Å². The molecule has 5 nitrogen and oxygen atoms in total. The van der Waals surface area contributed by atoms with Crippen molar-refractivity contribution in [2.45, 2.75) is 51.9 Å². The standard InChI is InChI=1S/C15H23N5/c1-2-18-11-8-16-15(18)13-19-9-4-3-6-14(19)12-20-10-5-7-17-20/h5,7-8,10-11,14H,2-4,6,9,12-13H2,1H3/t14-/m0/s1. The van der Waals surface area contributed by atoms with Crippen molar-refractivity contribution < 1.29 is 0 Å². The molecule has 20 heavy (non-hydrogen) atoms. The molecule has 0 N–H and O–H groups in total. The first-order valence-corrected chi connectivity index (χ1v) is 7.58. The molecular weight excluding hydrogens is 250 g/mol. The van der Waals surface area contributed by atoms with Crippen LogP contribution in [0.4, 0.5) is 0 Å². The number of nitrogens with zero attached hydrogens (tertiary/aromatic N) is 5. The molecule has 1 saturated heterocycles. The zero-order chi connectivity index (χ0) is 13.8. The Bertz CT molecular complexity index is 516. The highest BCUT2D eigenvalue weighted by molar-refractivity contribution is 4.94. The third-order valence-corrected chi connectivity index (χ3v) is 4.19. The molecule has 0 aromatic carbocycles. The van der Waals surface area contributed by atoms with Gasteiger partial charge in [0.15, 0.2) is 0 Å². The van der Waals surface area contributed by atoms with E-state index in [1.54, 1.807) is 0 Å². The molecule has 2 aromatic heterocycles. The van der Waals surface area contributed by atoms with E-state index in [1.807, 2.05) is 18.5 Å². The fourth-order valence-electron chi connectivity index (χ4n) is 3.06. The average Bonchev–Trinajstić information content (AvgIpc) is 3.12. The van der Waals surface area contributed by atoms with Gasteiger partial charge in [-0.1, -0.05) is 6.42 Å². The van der Waals surface area contributed by atoms with Crippen molar-refractivity contribution in [3.8, 4) is 0 Å². The zero-order valence-corrected chi connectivity index (χ0v) is 12.1. The monoisotopic (exact) mass is 273 g/mol. The molecule has 0 spiro atoms. The summed E-state index contributed by atoms with van der Waals surface area (Å²) in [5, 5.41) is 4.34. The first-order chi connectivity index (χ1) is 9.86. The summed E-state index contributed by atoms with van der Waals surface area (Å²) in [4.78, 5) is 7.08. The first-order valence-electron chi connectivity index (χ1n) is 7.58. The van der Waals surface area contributed by atoms with E-state index >= 15 is 0 Å². The van der Waals surface area contributed by atoms with E-state index in [9.17, 15) is 0 Å². The van der Waals surface area contributed by atoms with Crippen LogP contribution < -0.4 is 0 Å². The summed E-state index contributed by atoms with van der Waals surface area (Å²) < 4.78 is 4.29. The van der Waals surface area contributed by atoms with Crippen LogP contribution in [0.3, 0.4) is 0 Å². The fraction of sp³-hybridized carbons (Fsp3) is 0.600. The molecule has 1 aliphatic rings. The van der Waals surface area contributed by atoms with Gasteiger partial charge in [-0.2, -0.15) is 5.10 Å². The number of aryl methyl sites for hydroxylation is 1. The van der Waals surface area contributed by atoms with E-state index in [0.717, 1.165) is 19.6 Å². The largest absolute Gasteiger partial charge is 0.334 e. The van der Waals surface area contributed by atoms with E-state index in [1.165, 1.54) is 31.6 Å². The van der Waals surface area contributed by atoms with Crippen molar-refractivity contribution in [3.63, 3.8) is 0 Å². The van der Waals surface area contributed by atoms with Gasteiger partial charge in [0.2, 0.25) is 0 Å². The number of piperidine rings is 1. The molecule has 5 heteroatoms. The maximum Gasteiger partial charge on any atom is 0.122 e. The number of hydrogen-bond donors (Lipinski definition) is 0. The number of hydrogen-bond acceptors (Lipinski definition) is 3. The molecule has 108 valence electrons. The molecule has 0 amide bonds. The predicted octanol–water partition coefficient (Wildman–Crippen LogP) is 2.15. The van der Waals surface area contributed by atoms with Crippen LogP contribution in [-0.2, 0) is 19.6 Å². The predicted molar refractivity (Wildman–Crippen MR) is 78.2 cm³/mol. The van der Waals surface area contributed by atoms with Crippen LogP contribution in [0.2, 0.25) is 0 Å². The number of aromatic nitrogens is 4. The van der Waals surface area contributed by atoms with E-state index in [4.69, 9.17) is 0 Å². The molecule has 1 fully saturated rings. The molecule has 1 aliphatic heterocycles. The summed E-state index contributed by atoms with van der Waals surface area (Å²) in [6.45, 7) is 6.27. The van der Waals surface area contributed by atoms with Gasteiger partial charge in [-0.3, -0.25) is 9.58 Å². The van der Waals surface area contributed by atoms with Crippen molar-refractivity contribution in [1.29, 1.82) is 0 Å². The van der Waals surface area contributed by atoms with Gasteiger partial charge in [0, 0.05) is 37.4 Å². The summed E-state index contributed by atoms with van der Waals surface area (Å²) in [7, 11) is 0. The molecule has 0 aliphatic carbocycles. The lowest BCUT2D eigenvalue weighted by atomic mass is 10.0. The molecule has 0 unspecified atom stereocenters. The van der Waals surface area contributed by atoms with Gasteiger partial charge in [0.25, 0.3) is 0 Å². The van der Waals surface area contributed by atoms with Crippen LogP contribution in [0.5, 0.6) is 0 Å². The highest BCUT2D eigenvalue weighted by Gasteiger charge is 2.24. The van der Waals surface area contributed by atoms with Crippen molar-refractivity contribution in [2.75, 3.05) is 6.54 Å². The number of likely N-dealkylation sites (tertiary alicyclic amines) is 1. The second kappa shape index (κ2) is 6.22. The quantitative estimate of drug-likeness (QED) is 0.838. The summed E-state index contributed by atoms with van der Waals surface area (Å²) in [5.74, 6) is 1.18. The Hall–Kier alpha value is -1.62. The van der Waals surface area contributed by atoms with Gasteiger partial charge in [-0.25, -0.2) is 4.98 Å².